The van der Waals surface area contributed by atoms with Gasteiger partial charge in [-0.1, -0.05) is 15.9 Å². The van der Waals surface area contributed by atoms with Crippen LogP contribution in [0, 0.1) is 0 Å². The van der Waals surface area contributed by atoms with E-state index in [1.165, 1.54) is 18.5 Å². The summed E-state index contributed by atoms with van der Waals surface area (Å²) >= 11 is 3.28. The Hall–Kier alpha value is -1.40. The van der Waals surface area contributed by atoms with E-state index in [-0.39, 0.29) is 4.90 Å². The molecule has 0 radical (unpaired) electrons. The first kappa shape index (κ1) is 12.1. The summed E-state index contributed by atoms with van der Waals surface area (Å²) in [5.74, 6) is 0. The molecule has 1 aromatic heterocycles. The smallest absolute Gasteiger partial charge is 0.263 e. The van der Waals surface area contributed by atoms with Gasteiger partial charge < -0.3 is 0 Å². The van der Waals surface area contributed by atoms with Gasteiger partial charge in [0.25, 0.3) is 10.0 Å². The zero-order valence-corrected chi connectivity index (χ0v) is 11.1. The molecule has 0 aliphatic heterocycles. The first-order valence-corrected chi connectivity index (χ1v) is 7.04. The van der Waals surface area contributed by atoms with Crippen LogP contribution in [0.2, 0.25) is 0 Å². The van der Waals surface area contributed by atoms with Crippen LogP contribution < -0.4 is 4.72 Å². The van der Waals surface area contributed by atoms with Crippen LogP contribution in [0.4, 0.5) is 5.69 Å². The lowest BCUT2D eigenvalue weighted by Crippen LogP contribution is -2.12. The number of hydrogen-bond donors (Lipinski definition) is 1. The minimum atomic E-state index is -3.55. The van der Waals surface area contributed by atoms with Gasteiger partial charge in [-0.3, -0.25) is 9.71 Å². The van der Waals surface area contributed by atoms with E-state index in [9.17, 15) is 8.42 Å². The highest BCUT2D eigenvalue weighted by molar-refractivity contribution is 9.10. The highest BCUT2D eigenvalue weighted by atomic mass is 79.9. The predicted molar refractivity (Wildman–Crippen MR) is 69.2 cm³/mol. The molecule has 0 amide bonds. The van der Waals surface area contributed by atoms with Crippen LogP contribution in [-0.2, 0) is 10.0 Å². The Balaban J connectivity index is 2.27. The van der Waals surface area contributed by atoms with E-state index in [1.54, 1.807) is 30.3 Å². The van der Waals surface area contributed by atoms with Gasteiger partial charge in [-0.05, 0) is 36.4 Å². The Labute approximate surface area is 108 Å². The van der Waals surface area contributed by atoms with Gasteiger partial charge in [0.05, 0.1) is 0 Å². The fourth-order valence-corrected chi connectivity index (χ4v) is 2.52. The SMILES string of the molecule is O=S(=O)(Nc1ccc(Br)cc1)c1cccnc1. The third-order valence-corrected chi connectivity index (χ3v) is 3.94. The minimum Gasteiger partial charge on any atom is -0.280 e. The number of nitrogens with one attached hydrogen (secondary N) is 1. The number of halogens is 1. The Morgan fingerprint density at radius 2 is 1.82 bits per heavy atom. The van der Waals surface area contributed by atoms with E-state index in [4.69, 9.17) is 0 Å². The summed E-state index contributed by atoms with van der Waals surface area (Å²) < 4.78 is 27.2. The monoisotopic (exact) mass is 312 g/mol. The number of pyridine rings is 1. The lowest BCUT2D eigenvalue weighted by Gasteiger charge is -2.07. The van der Waals surface area contributed by atoms with Gasteiger partial charge in [0, 0.05) is 22.6 Å². The number of aromatic nitrogens is 1. The van der Waals surface area contributed by atoms with E-state index < -0.39 is 10.0 Å². The molecule has 0 aliphatic rings. The number of sulfonamides is 1. The third-order valence-electron chi connectivity index (χ3n) is 2.04. The molecule has 88 valence electrons. The summed E-state index contributed by atoms with van der Waals surface area (Å²) in [5.41, 5.74) is 0.511. The highest BCUT2D eigenvalue weighted by Gasteiger charge is 2.13. The zero-order chi connectivity index (χ0) is 12.3. The molecule has 0 spiro atoms. The molecule has 1 heterocycles. The quantitative estimate of drug-likeness (QED) is 0.947. The van der Waals surface area contributed by atoms with Crippen molar-refractivity contribution in [3.05, 3.63) is 53.3 Å². The lowest BCUT2D eigenvalue weighted by molar-refractivity contribution is 0.601. The fraction of sp³-hybridized carbons (Fsp3) is 0. The van der Waals surface area contributed by atoms with E-state index in [0.717, 1.165) is 4.47 Å². The maximum atomic E-state index is 11.9. The Kier molecular flexibility index (Phi) is 3.44. The maximum absolute atomic E-state index is 11.9. The summed E-state index contributed by atoms with van der Waals surface area (Å²) in [4.78, 5) is 3.92. The molecule has 1 N–H and O–H groups in total. The standard InChI is InChI=1S/C11H9BrN2O2S/c12-9-3-5-10(6-4-9)14-17(15,16)11-2-1-7-13-8-11/h1-8,14H. The van der Waals surface area contributed by atoms with Crippen molar-refractivity contribution in [3.63, 3.8) is 0 Å². The van der Waals surface area contributed by atoms with Gasteiger partial charge in [0.1, 0.15) is 4.90 Å². The third kappa shape index (κ3) is 3.04. The summed E-state index contributed by atoms with van der Waals surface area (Å²) in [6, 6.07) is 9.96. The molecule has 0 saturated carbocycles. The second-order valence-electron chi connectivity index (χ2n) is 3.30. The van der Waals surface area contributed by atoms with Crippen LogP contribution in [-0.4, -0.2) is 13.4 Å². The van der Waals surface area contributed by atoms with Crippen LogP contribution in [0.15, 0.2) is 58.2 Å². The first-order valence-electron chi connectivity index (χ1n) is 4.76. The molecule has 0 fully saturated rings. The average molecular weight is 313 g/mol. The molecule has 0 atom stereocenters. The summed E-state index contributed by atoms with van der Waals surface area (Å²) in [5, 5.41) is 0. The summed E-state index contributed by atoms with van der Waals surface area (Å²) in [6.07, 6.45) is 2.83. The summed E-state index contributed by atoms with van der Waals surface area (Å²) in [6.45, 7) is 0. The normalized spacial score (nSPS) is 11.1. The topological polar surface area (TPSA) is 59.1 Å². The molecule has 17 heavy (non-hydrogen) atoms. The number of hydrogen-bond acceptors (Lipinski definition) is 3. The second-order valence-corrected chi connectivity index (χ2v) is 5.90. The van der Waals surface area contributed by atoms with Crippen molar-refractivity contribution in [2.75, 3.05) is 4.72 Å². The van der Waals surface area contributed by atoms with Crippen molar-refractivity contribution >= 4 is 31.6 Å². The minimum absolute atomic E-state index is 0.142. The Morgan fingerprint density at radius 3 is 2.41 bits per heavy atom. The van der Waals surface area contributed by atoms with Crippen LogP contribution in [0.3, 0.4) is 0 Å². The van der Waals surface area contributed by atoms with Crippen molar-refractivity contribution in [2.45, 2.75) is 4.90 Å². The molecule has 2 rings (SSSR count). The number of nitrogens with zero attached hydrogens (tertiary/aromatic N) is 1. The predicted octanol–water partition coefficient (Wildman–Crippen LogP) is 2.64. The van der Waals surface area contributed by atoms with Crippen LogP contribution in [0.25, 0.3) is 0 Å². The average Bonchev–Trinajstić information content (AvgIpc) is 2.33. The summed E-state index contributed by atoms with van der Waals surface area (Å²) in [7, 11) is -3.55. The van der Waals surface area contributed by atoms with Crippen LogP contribution in [0.5, 0.6) is 0 Å². The van der Waals surface area contributed by atoms with Crippen molar-refractivity contribution in [1.29, 1.82) is 0 Å². The maximum Gasteiger partial charge on any atom is 0.263 e. The van der Waals surface area contributed by atoms with E-state index in [2.05, 4.69) is 25.6 Å². The molecule has 6 heteroatoms. The van der Waals surface area contributed by atoms with Crippen molar-refractivity contribution < 1.29 is 8.42 Å². The van der Waals surface area contributed by atoms with Gasteiger partial charge in [-0.25, -0.2) is 8.42 Å². The number of rotatable bonds is 3. The molecule has 0 unspecified atom stereocenters. The Bertz CT molecular complexity index is 597. The molecule has 1 aromatic carbocycles. The number of anilines is 1. The molecule has 0 saturated heterocycles. The molecule has 2 aromatic rings. The van der Waals surface area contributed by atoms with Crippen LogP contribution in [0.1, 0.15) is 0 Å². The molecular weight excluding hydrogens is 304 g/mol. The van der Waals surface area contributed by atoms with E-state index in [0.29, 0.717) is 5.69 Å². The van der Waals surface area contributed by atoms with Gasteiger partial charge >= 0.3 is 0 Å². The van der Waals surface area contributed by atoms with Crippen molar-refractivity contribution in [3.8, 4) is 0 Å². The molecule has 0 bridgehead atoms. The largest absolute Gasteiger partial charge is 0.280 e. The highest BCUT2D eigenvalue weighted by Crippen LogP contribution is 2.17. The zero-order valence-electron chi connectivity index (χ0n) is 8.67. The fourth-order valence-electron chi connectivity index (χ4n) is 1.24. The Morgan fingerprint density at radius 1 is 1.12 bits per heavy atom. The molecule has 4 nitrogen and oxygen atoms in total. The van der Waals surface area contributed by atoms with Crippen molar-refractivity contribution in [2.24, 2.45) is 0 Å². The van der Waals surface area contributed by atoms with E-state index in [1.807, 2.05) is 0 Å². The first-order chi connectivity index (χ1) is 8.08. The molecule has 0 aliphatic carbocycles. The van der Waals surface area contributed by atoms with Gasteiger partial charge in [0.15, 0.2) is 0 Å². The van der Waals surface area contributed by atoms with Gasteiger partial charge in [0.2, 0.25) is 0 Å². The van der Waals surface area contributed by atoms with Crippen molar-refractivity contribution in [1.82, 2.24) is 4.98 Å². The van der Waals surface area contributed by atoms with Gasteiger partial charge in [-0.2, -0.15) is 0 Å². The molecular formula is C11H9BrN2O2S. The van der Waals surface area contributed by atoms with E-state index >= 15 is 0 Å². The second kappa shape index (κ2) is 4.85. The lowest BCUT2D eigenvalue weighted by atomic mass is 10.3. The van der Waals surface area contributed by atoms with Crippen LogP contribution >= 0.6 is 15.9 Å². The number of benzene rings is 1. The van der Waals surface area contributed by atoms with Gasteiger partial charge in [-0.15, -0.1) is 0 Å².